The minimum Gasteiger partial charge on any atom is -0.361 e. The van der Waals surface area contributed by atoms with E-state index in [4.69, 9.17) is 0 Å². The van der Waals surface area contributed by atoms with Crippen molar-refractivity contribution < 1.29 is 31.1 Å². The molecule has 0 aliphatic heterocycles. The lowest BCUT2D eigenvalue weighted by molar-refractivity contribution is -0.137. The van der Waals surface area contributed by atoms with Crippen LogP contribution in [-0.2, 0) is 23.8 Å². The Kier molecular flexibility index (Phi) is 7.34. The lowest BCUT2D eigenvalue weighted by atomic mass is 9.94. The summed E-state index contributed by atoms with van der Waals surface area (Å²) in [6.07, 6.45) is -1.85. The van der Waals surface area contributed by atoms with Crippen molar-refractivity contribution in [2.24, 2.45) is 0 Å². The second-order valence-corrected chi connectivity index (χ2v) is 9.30. The molecule has 0 saturated heterocycles. The van der Waals surface area contributed by atoms with Gasteiger partial charge in [0.15, 0.2) is 0 Å². The van der Waals surface area contributed by atoms with Gasteiger partial charge in [-0.05, 0) is 71.6 Å². The van der Waals surface area contributed by atoms with Crippen molar-refractivity contribution in [2.75, 3.05) is 0 Å². The topological polar surface area (TPSA) is 57.8 Å². The van der Waals surface area contributed by atoms with Gasteiger partial charge in [-0.2, -0.15) is 13.2 Å². The van der Waals surface area contributed by atoms with Crippen LogP contribution in [0.15, 0.2) is 85.2 Å². The first-order valence-corrected chi connectivity index (χ1v) is 12.2. The number of rotatable bonds is 7. The zero-order chi connectivity index (χ0) is 28.4. The molecule has 0 bridgehead atoms. The van der Waals surface area contributed by atoms with E-state index in [2.05, 4.69) is 15.3 Å². The number of H-pyrrole nitrogens is 1. The number of nitrogens with zero attached hydrogens (tertiary/aromatic N) is 1. The van der Waals surface area contributed by atoms with Gasteiger partial charge in [-0.1, -0.05) is 18.2 Å². The quantitative estimate of drug-likeness (QED) is 0.208. The van der Waals surface area contributed by atoms with Crippen LogP contribution in [0.4, 0.5) is 26.3 Å². The van der Waals surface area contributed by atoms with Gasteiger partial charge in [-0.15, -0.1) is 0 Å². The molecule has 5 aromatic rings. The first-order valence-electron chi connectivity index (χ1n) is 12.2. The van der Waals surface area contributed by atoms with Gasteiger partial charge in [0.05, 0.1) is 23.7 Å². The Labute approximate surface area is 224 Å². The van der Waals surface area contributed by atoms with E-state index < -0.39 is 41.1 Å². The second-order valence-electron chi connectivity index (χ2n) is 9.30. The van der Waals surface area contributed by atoms with Crippen molar-refractivity contribution in [3.05, 3.63) is 125 Å². The first-order chi connectivity index (χ1) is 19.1. The third-order valence-corrected chi connectivity index (χ3v) is 6.45. The minimum absolute atomic E-state index is 0.105. The van der Waals surface area contributed by atoms with Gasteiger partial charge >= 0.3 is 6.18 Å². The van der Waals surface area contributed by atoms with Crippen molar-refractivity contribution in [2.45, 2.75) is 25.1 Å². The van der Waals surface area contributed by atoms with E-state index in [1.165, 1.54) is 30.5 Å². The third-order valence-electron chi connectivity index (χ3n) is 6.45. The summed E-state index contributed by atoms with van der Waals surface area (Å²) in [5.41, 5.74) is 1.22. The molecule has 2 heterocycles. The zero-order valence-corrected chi connectivity index (χ0v) is 20.7. The molecule has 10 heteroatoms. The molecule has 40 heavy (non-hydrogen) atoms. The van der Waals surface area contributed by atoms with Gasteiger partial charge < -0.3 is 10.3 Å². The Hall–Kier alpha value is -4.60. The normalized spacial score (nSPS) is 12.4. The number of aromatic amines is 1. The first kappa shape index (κ1) is 27.0. The van der Waals surface area contributed by atoms with E-state index in [0.29, 0.717) is 28.1 Å². The number of fused-ring (bicyclic) bond motifs is 1. The lowest BCUT2D eigenvalue weighted by Gasteiger charge is -2.22. The van der Waals surface area contributed by atoms with Crippen LogP contribution in [0.3, 0.4) is 0 Å². The Bertz CT molecular complexity index is 1670. The number of hydrogen-bond acceptors (Lipinski definition) is 2. The monoisotopic (exact) mass is 553 g/mol. The van der Waals surface area contributed by atoms with Gasteiger partial charge in [0, 0.05) is 34.9 Å². The largest absolute Gasteiger partial charge is 0.416 e. The maximum atomic E-state index is 14.0. The van der Waals surface area contributed by atoms with Crippen LogP contribution in [0, 0.1) is 17.5 Å². The van der Waals surface area contributed by atoms with Crippen molar-refractivity contribution in [3.63, 3.8) is 0 Å². The van der Waals surface area contributed by atoms with Crippen molar-refractivity contribution >= 4 is 16.8 Å². The molecule has 0 spiro atoms. The molecule has 0 aliphatic carbocycles. The van der Waals surface area contributed by atoms with Crippen molar-refractivity contribution in [3.8, 4) is 11.1 Å². The number of benzene rings is 3. The molecule has 4 nitrogen and oxygen atoms in total. The summed E-state index contributed by atoms with van der Waals surface area (Å²) in [6.45, 7) is 0. The smallest absolute Gasteiger partial charge is 0.361 e. The summed E-state index contributed by atoms with van der Waals surface area (Å²) in [5.74, 6) is -2.62. The van der Waals surface area contributed by atoms with Gasteiger partial charge in [0.25, 0.3) is 0 Å². The average Bonchev–Trinajstić information content (AvgIpc) is 3.28. The number of carbonyl (C=O) groups is 1. The molecule has 3 aromatic carbocycles. The van der Waals surface area contributed by atoms with E-state index in [-0.39, 0.29) is 29.7 Å². The highest BCUT2D eigenvalue weighted by atomic mass is 19.4. The number of amides is 1. The summed E-state index contributed by atoms with van der Waals surface area (Å²) in [5, 5.41) is 3.33. The highest BCUT2D eigenvalue weighted by Gasteiger charge is 2.31. The standard InChI is InChI=1S/C30H21F6N3O/c31-21-6-7-26-25(15-21)19(16-38-26)13-28(40)39-27(11-17-9-22(32)14-23(33)10-17)29-24(5-2-8-37-29)18-3-1-4-20(12-18)30(34,35)36/h1-10,12,14-16,27,38H,11,13H2,(H,39,40)/t27-/m0/s1. The van der Waals surface area contributed by atoms with Gasteiger partial charge in [-0.25, -0.2) is 13.2 Å². The van der Waals surface area contributed by atoms with E-state index in [0.717, 1.165) is 24.3 Å². The Morgan fingerprint density at radius 3 is 2.42 bits per heavy atom. The summed E-state index contributed by atoms with van der Waals surface area (Å²) in [4.78, 5) is 20.6. The summed E-state index contributed by atoms with van der Waals surface area (Å²) in [7, 11) is 0. The predicted molar refractivity (Wildman–Crippen MR) is 138 cm³/mol. The van der Waals surface area contributed by atoms with E-state index in [1.54, 1.807) is 24.4 Å². The maximum absolute atomic E-state index is 14.0. The Morgan fingerprint density at radius 2 is 1.68 bits per heavy atom. The Morgan fingerprint density at radius 1 is 0.900 bits per heavy atom. The Balaban J connectivity index is 1.52. The number of alkyl halides is 3. The van der Waals surface area contributed by atoms with Crippen LogP contribution in [0.1, 0.15) is 28.4 Å². The molecule has 204 valence electrons. The van der Waals surface area contributed by atoms with Crippen molar-refractivity contribution in [1.29, 1.82) is 0 Å². The molecule has 0 saturated carbocycles. The van der Waals surface area contributed by atoms with Crippen LogP contribution in [0.25, 0.3) is 22.0 Å². The predicted octanol–water partition coefficient (Wildman–Crippen LogP) is 7.31. The van der Waals surface area contributed by atoms with Gasteiger partial charge in [0.1, 0.15) is 17.5 Å². The molecule has 2 N–H and O–H groups in total. The number of pyridine rings is 1. The van der Waals surface area contributed by atoms with Crippen LogP contribution in [0.2, 0.25) is 0 Å². The fourth-order valence-corrected chi connectivity index (χ4v) is 4.70. The molecule has 0 radical (unpaired) electrons. The van der Waals surface area contributed by atoms with E-state index in [1.807, 2.05) is 0 Å². The van der Waals surface area contributed by atoms with Crippen LogP contribution < -0.4 is 5.32 Å². The fraction of sp³-hybridized carbons (Fsp3) is 0.133. The average molecular weight is 554 g/mol. The molecule has 0 unspecified atom stereocenters. The highest BCUT2D eigenvalue weighted by Crippen LogP contribution is 2.35. The van der Waals surface area contributed by atoms with Gasteiger partial charge in [0.2, 0.25) is 5.91 Å². The van der Waals surface area contributed by atoms with E-state index >= 15 is 0 Å². The van der Waals surface area contributed by atoms with Crippen LogP contribution in [0.5, 0.6) is 0 Å². The second kappa shape index (κ2) is 10.9. The zero-order valence-electron chi connectivity index (χ0n) is 20.7. The molecule has 1 atom stereocenters. The summed E-state index contributed by atoms with van der Waals surface area (Å²) < 4.78 is 82.1. The fourth-order valence-electron chi connectivity index (χ4n) is 4.70. The van der Waals surface area contributed by atoms with Crippen molar-refractivity contribution in [1.82, 2.24) is 15.3 Å². The minimum atomic E-state index is -4.58. The summed E-state index contributed by atoms with van der Waals surface area (Å²) in [6, 6.07) is 13.9. The summed E-state index contributed by atoms with van der Waals surface area (Å²) >= 11 is 0. The molecule has 5 rings (SSSR count). The molecule has 0 fully saturated rings. The highest BCUT2D eigenvalue weighted by molar-refractivity contribution is 5.89. The molecular formula is C30H21F6N3O. The third kappa shape index (κ3) is 6.01. The molecular weight excluding hydrogens is 532 g/mol. The number of hydrogen-bond donors (Lipinski definition) is 2. The molecule has 1 amide bonds. The number of nitrogens with one attached hydrogen (secondary N) is 2. The molecule has 2 aromatic heterocycles. The number of halogens is 6. The van der Waals surface area contributed by atoms with Gasteiger partial charge in [-0.3, -0.25) is 9.78 Å². The number of carbonyl (C=O) groups excluding carboxylic acids is 1. The number of aromatic nitrogens is 2. The molecule has 0 aliphatic rings. The van der Waals surface area contributed by atoms with Crippen LogP contribution >= 0.6 is 0 Å². The van der Waals surface area contributed by atoms with E-state index in [9.17, 15) is 31.1 Å². The SMILES string of the molecule is O=C(Cc1c[nH]c2ccc(F)cc12)N[C@@H](Cc1cc(F)cc(F)c1)c1ncccc1-c1cccc(C(F)(F)F)c1. The lowest BCUT2D eigenvalue weighted by Crippen LogP contribution is -2.32. The maximum Gasteiger partial charge on any atom is 0.416 e. The van der Waals surface area contributed by atoms with Crippen LogP contribution in [-0.4, -0.2) is 15.9 Å².